The van der Waals surface area contributed by atoms with Crippen molar-refractivity contribution < 1.29 is 8.42 Å². The lowest BCUT2D eigenvalue weighted by Gasteiger charge is -2.30. The first-order valence-electron chi connectivity index (χ1n) is 7.62. The van der Waals surface area contributed by atoms with E-state index in [1.54, 1.807) is 22.5 Å². The Kier molecular flexibility index (Phi) is 5.69. The fourth-order valence-corrected chi connectivity index (χ4v) is 5.37. The summed E-state index contributed by atoms with van der Waals surface area (Å²) < 4.78 is 27.9. The molecule has 0 unspecified atom stereocenters. The molecule has 3 nitrogen and oxygen atoms in total. The second-order valence-electron chi connectivity index (χ2n) is 6.15. The summed E-state index contributed by atoms with van der Waals surface area (Å²) in [5.41, 5.74) is 0.686. The normalized spacial score (nSPS) is 17.0. The highest BCUT2D eigenvalue weighted by Crippen LogP contribution is 2.31. The van der Waals surface area contributed by atoms with Crippen LogP contribution in [-0.4, -0.2) is 25.3 Å². The van der Waals surface area contributed by atoms with Gasteiger partial charge in [-0.05, 0) is 30.4 Å². The van der Waals surface area contributed by atoms with Crippen LogP contribution in [0.2, 0.25) is 0 Å². The summed E-state index contributed by atoms with van der Waals surface area (Å²) in [4.78, 5) is 0.368. The van der Waals surface area contributed by atoms with Crippen LogP contribution < -0.4 is 0 Å². The Labute approximate surface area is 133 Å². The molecule has 0 bridgehead atoms. The van der Waals surface area contributed by atoms with Gasteiger partial charge in [-0.3, -0.25) is 0 Å². The number of sulfonamides is 1. The lowest BCUT2D eigenvalue weighted by molar-refractivity contribution is 0.292. The van der Waals surface area contributed by atoms with Crippen molar-refractivity contribution in [2.45, 2.75) is 56.3 Å². The fraction of sp³-hybridized carbons (Fsp3) is 0.625. The topological polar surface area (TPSA) is 37.4 Å². The van der Waals surface area contributed by atoms with Gasteiger partial charge in [-0.2, -0.15) is 4.31 Å². The van der Waals surface area contributed by atoms with E-state index in [4.69, 9.17) is 11.6 Å². The van der Waals surface area contributed by atoms with E-state index in [9.17, 15) is 8.42 Å². The summed E-state index contributed by atoms with van der Waals surface area (Å²) in [6.45, 7) is 4.69. The summed E-state index contributed by atoms with van der Waals surface area (Å²) in [6, 6.07) is 7.21. The van der Waals surface area contributed by atoms with Gasteiger partial charge in [0.05, 0.1) is 4.90 Å². The molecular weight excluding hydrogens is 306 g/mol. The molecule has 5 heteroatoms. The molecule has 0 N–H and O–H groups in total. The quantitative estimate of drug-likeness (QED) is 0.739. The Balaban J connectivity index is 2.41. The Bertz CT molecular complexity index is 565. The molecule has 1 aromatic rings. The molecule has 0 atom stereocenters. The summed E-state index contributed by atoms with van der Waals surface area (Å²) >= 11 is 5.93. The van der Waals surface area contributed by atoms with E-state index < -0.39 is 10.0 Å². The molecule has 0 aliphatic heterocycles. The minimum absolute atomic E-state index is 0.140. The maximum absolute atomic E-state index is 13.1. The number of hydrogen-bond acceptors (Lipinski definition) is 2. The van der Waals surface area contributed by atoms with Crippen LogP contribution in [0.1, 0.15) is 45.1 Å². The van der Waals surface area contributed by atoms with Crippen molar-refractivity contribution in [2.75, 3.05) is 6.54 Å². The number of hydrogen-bond donors (Lipinski definition) is 0. The van der Waals surface area contributed by atoms with Crippen molar-refractivity contribution in [2.24, 2.45) is 5.92 Å². The third-order valence-electron chi connectivity index (χ3n) is 3.98. The van der Waals surface area contributed by atoms with E-state index in [0.29, 0.717) is 22.9 Å². The molecule has 0 heterocycles. The highest BCUT2D eigenvalue weighted by molar-refractivity contribution is 7.89. The minimum atomic E-state index is -3.47. The molecule has 1 saturated carbocycles. The highest BCUT2D eigenvalue weighted by Gasteiger charge is 2.34. The van der Waals surface area contributed by atoms with E-state index in [-0.39, 0.29) is 11.9 Å². The second-order valence-corrected chi connectivity index (χ2v) is 8.27. The average Bonchev–Trinajstić information content (AvgIpc) is 2.98. The molecule has 1 aromatic carbocycles. The molecule has 0 amide bonds. The van der Waals surface area contributed by atoms with Crippen LogP contribution >= 0.6 is 11.6 Å². The van der Waals surface area contributed by atoms with Gasteiger partial charge in [0.15, 0.2) is 0 Å². The maximum Gasteiger partial charge on any atom is 0.243 e. The monoisotopic (exact) mass is 329 g/mol. The van der Waals surface area contributed by atoms with E-state index in [1.807, 2.05) is 6.07 Å². The number of nitrogens with zero attached hydrogens (tertiary/aromatic N) is 1. The molecular formula is C16H24ClNO2S. The van der Waals surface area contributed by atoms with Gasteiger partial charge >= 0.3 is 0 Å². The van der Waals surface area contributed by atoms with Gasteiger partial charge in [-0.15, -0.1) is 11.6 Å². The Hall–Kier alpha value is -0.580. The van der Waals surface area contributed by atoms with E-state index in [1.165, 1.54) is 0 Å². The van der Waals surface area contributed by atoms with Gasteiger partial charge < -0.3 is 0 Å². The summed E-state index contributed by atoms with van der Waals surface area (Å²) in [5, 5.41) is 0. The number of halogens is 1. The van der Waals surface area contributed by atoms with Crippen LogP contribution in [0.4, 0.5) is 0 Å². The maximum atomic E-state index is 13.1. The van der Waals surface area contributed by atoms with Gasteiger partial charge in [0.2, 0.25) is 10.0 Å². The van der Waals surface area contributed by atoms with Crippen LogP contribution in [0.15, 0.2) is 29.2 Å². The average molecular weight is 330 g/mol. The fourth-order valence-electron chi connectivity index (χ4n) is 2.99. The number of rotatable bonds is 6. The van der Waals surface area contributed by atoms with Crippen molar-refractivity contribution in [3.63, 3.8) is 0 Å². The van der Waals surface area contributed by atoms with Crippen LogP contribution in [0.5, 0.6) is 0 Å². The zero-order valence-electron chi connectivity index (χ0n) is 12.8. The smallest absolute Gasteiger partial charge is 0.207 e. The van der Waals surface area contributed by atoms with E-state index in [0.717, 1.165) is 25.7 Å². The molecule has 0 saturated heterocycles. The summed E-state index contributed by atoms with van der Waals surface area (Å²) in [7, 11) is -3.47. The molecule has 118 valence electrons. The molecule has 0 aromatic heterocycles. The molecule has 0 spiro atoms. The van der Waals surface area contributed by atoms with Crippen LogP contribution in [0, 0.1) is 5.92 Å². The molecule has 1 aliphatic carbocycles. The third-order valence-corrected chi connectivity index (χ3v) is 6.29. The Morgan fingerprint density at radius 1 is 1.24 bits per heavy atom. The predicted octanol–water partition coefficient (Wildman–Crippen LogP) is 4.01. The van der Waals surface area contributed by atoms with Gasteiger partial charge in [-0.25, -0.2) is 8.42 Å². The molecule has 1 fully saturated rings. The highest BCUT2D eigenvalue weighted by atomic mass is 35.5. The zero-order valence-corrected chi connectivity index (χ0v) is 14.3. The van der Waals surface area contributed by atoms with Crippen molar-refractivity contribution in [3.05, 3.63) is 29.8 Å². The van der Waals surface area contributed by atoms with Crippen LogP contribution in [0.25, 0.3) is 0 Å². The van der Waals surface area contributed by atoms with Crippen LogP contribution in [-0.2, 0) is 15.9 Å². The molecule has 2 rings (SSSR count). The lowest BCUT2D eigenvalue weighted by atomic mass is 10.2. The van der Waals surface area contributed by atoms with Gasteiger partial charge in [0, 0.05) is 18.5 Å². The minimum Gasteiger partial charge on any atom is -0.207 e. The third kappa shape index (κ3) is 3.79. The SMILES string of the molecule is CC(C)CN(C1CCCC1)S(=O)(=O)c1ccccc1CCl. The van der Waals surface area contributed by atoms with Crippen LogP contribution in [0.3, 0.4) is 0 Å². The predicted molar refractivity (Wildman–Crippen MR) is 87.0 cm³/mol. The Morgan fingerprint density at radius 2 is 1.86 bits per heavy atom. The molecule has 0 radical (unpaired) electrons. The number of benzene rings is 1. The van der Waals surface area contributed by atoms with E-state index in [2.05, 4.69) is 13.8 Å². The molecule has 21 heavy (non-hydrogen) atoms. The second kappa shape index (κ2) is 7.12. The summed E-state index contributed by atoms with van der Waals surface area (Å²) in [6.07, 6.45) is 4.17. The Morgan fingerprint density at radius 3 is 2.43 bits per heavy atom. The van der Waals surface area contributed by atoms with Gasteiger partial charge in [-0.1, -0.05) is 44.9 Å². The van der Waals surface area contributed by atoms with Gasteiger partial charge in [0.1, 0.15) is 0 Å². The lowest BCUT2D eigenvalue weighted by Crippen LogP contribution is -2.41. The first kappa shape index (κ1) is 16.8. The van der Waals surface area contributed by atoms with Gasteiger partial charge in [0.25, 0.3) is 0 Å². The summed E-state index contributed by atoms with van der Waals surface area (Å²) in [5.74, 6) is 0.527. The van der Waals surface area contributed by atoms with Crippen molar-refractivity contribution in [1.82, 2.24) is 4.31 Å². The van der Waals surface area contributed by atoms with Crippen molar-refractivity contribution in [3.8, 4) is 0 Å². The zero-order chi connectivity index (χ0) is 15.5. The standard InChI is InChI=1S/C16H24ClNO2S/c1-13(2)12-18(15-8-4-5-9-15)21(19,20)16-10-6-3-7-14(16)11-17/h3,6-7,10,13,15H,4-5,8-9,11-12H2,1-2H3. The number of alkyl halides is 1. The first-order chi connectivity index (χ1) is 9.96. The largest absolute Gasteiger partial charge is 0.243 e. The van der Waals surface area contributed by atoms with E-state index >= 15 is 0 Å². The molecule has 1 aliphatic rings. The van der Waals surface area contributed by atoms with Crippen molar-refractivity contribution in [1.29, 1.82) is 0 Å². The van der Waals surface area contributed by atoms with Crippen molar-refractivity contribution >= 4 is 21.6 Å². The first-order valence-corrected chi connectivity index (χ1v) is 9.60.